The molecule has 0 aliphatic carbocycles. The van der Waals surface area contributed by atoms with Crippen LogP contribution in [0.25, 0.3) is 0 Å². The summed E-state index contributed by atoms with van der Waals surface area (Å²) in [6.07, 6.45) is 5.64. The minimum Gasteiger partial charge on any atom is -0.457 e. The third-order valence-electron chi connectivity index (χ3n) is 2.86. The molecule has 3 nitrogen and oxygen atoms in total. The van der Waals surface area contributed by atoms with E-state index in [0.29, 0.717) is 0 Å². The van der Waals surface area contributed by atoms with Crippen molar-refractivity contribution in [3.63, 3.8) is 0 Å². The van der Waals surface area contributed by atoms with Crippen molar-refractivity contribution in [1.29, 1.82) is 0 Å². The Labute approximate surface area is 112 Å². The van der Waals surface area contributed by atoms with Crippen LogP contribution >= 0.6 is 0 Å². The second-order valence-electron chi connectivity index (χ2n) is 4.19. The largest absolute Gasteiger partial charge is 0.457 e. The van der Waals surface area contributed by atoms with Gasteiger partial charge in [0.05, 0.1) is 6.54 Å². The Hall–Kier alpha value is -2.55. The summed E-state index contributed by atoms with van der Waals surface area (Å²) in [4.78, 5) is 6.18. The van der Waals surface area contributed by atoms with Crippen LogP contribution in [0.1, 0.15) is 0 Å². The predicted octanol–water partition coefficient (Wildman–Crippen LogP) is 3.84. The third-order valence-corrected chi connectivity index (χ3v) is 2.86. The molecule has 0 fully saturated rings. The van der Waals surface area contributed by atoms with Gasteiger partial charge in [0, 0.05) is 24.3 Å². The summed E-state index contributed by atoms with van der Waals surface area (Å²) in [6, 6.07) is 17.8. The van der Waals surface area contributed by atoms with Crippen LogP contribution < -0.4 is 9.64 Å². The molecule has 0 bridgehead atoms. The lowest BCUT2D eigenvalue weighted by molar-refractivity contribution is 0.483. The van der Waals surface area contributed by atoms with Gasteiger partial charge in [-0.25, -0.2) is 0 Å². The molecule has 0 N–H and O–H groups in total. The zero-order valence-corrected chi connectivity index (χ0v) is 10.4. The molecule has 19 heavy (non-hydrogen) atoms. The fourth-order valence-electron chi connectivity index (χ4n) is 1.90. The van der Waals surface area contributed by atoms with E-state index in [1.807, 2.05) is 67.0 Å². The molecule has 0 radical (unpaired) electrons. The van der Waals surface area contributed by atoms with E-state index in [0.717, 1.165) is 23.7 Å². The first kappa shape index (κ1) is 11.5. The molecular weight excluding hydrogens is 236 g/mol. The van der Waals surface area contributed by atoms with Crippen LogP contribution in [-0.2, 0) is 0 Å². The number of para-hydroxylation sites is 1. The van der Waals surface area contributed by atoms with E-state index in [1.165, 1.54) is 0 Å². The average molecular weight is 250 g/mol. The summed E-state index contributed by atoms with van der Waals surface area (Å²) in [6.45, 7) is 0.801. The van der Waals surface area contributed by atoms with E-state index in [2.05, 4.69) is 9.89 Å². The van der Waals surface area contributed by atoms with E-state index in [9.17, 15) is 0 Å². The maximum atomic E-state index is 5.76. The molecule has 3 rings (SSSR count). The van der Waals surface area contributed by atoms with Crippen molar-refractivity contribution in [2.75, 3.05) is 11.4 Å². The molecule has 2 aromatic rings. The molecule has 0 amide bonds. The van der Waals surface area contributed by atoms with Gasteiger partial charge in [0.15, 0.2) is 0 Å². The molecule has 3 heteroatoms. The predicted molar refractivity (Wildman–Crippen MR) is 77.9 cm³/mol. The third kappa shape index (κ3) is 2.83. The fourth-order valence-corrected chi connectivity index (χ4v) is 1.90. The molecule has 0 atom stereocenters. The molecule has 1 heterocycles. The monoisotopic (exact) mass is 250 g/mol. The van der Waals surface area contributed by atoms with E-state index < -0.39 is 0 Å². The number of rotatable bonds is 3. The smallest absolute Gasteiger partial charge is 0.127 e. The summed E-state index contributed by atoms with van der Waals surface area (Å²) in [7, 11) is 0. The molecule has 0 spiro atoms. The lowest BCUT2D eigenvalue weighted by Crippen LogP contribution is -2.20. The summed E-state index contributed by atoms with van der Waals surface area (Å²) >= 11 is 0. The van der Waals surface area contributed by atoms with Crippen molar-refractivity contribution in [3.8, 4) is 11.5 Å². The van der Waals surface area contributed by atoms with Gasteiger partial charge < -0.3 is 9.64 Å². The number of ether oxygens (including phenoxy) is 1. The lowest BCUT2D eigenvalue weighted by atomic mass is 10.2. The van der Waals surface area contributed by atoms with Crippen molar-refractivity contribution >= 4 is 11.9 Å². The van der Waals surface area contributed by atoms with Gasteiger partial charge in [-0.15, -0.1) is 0 Å². The summed E-state index contributed by atoms with van der Waals surface area (Å²) in [5, 5.41) is 0. The highest BCUT2D eigenvalue weighted by Crippen LogP contribution is 2.24. The summed E-state index contributed by atoms with van der Waals surface area (Å²) in [5.41, 5.74) is 1.13. The minimum absolute atomic E-state index is 0.801. The van der Waals surface area contributed by atoms with Crippen LogP contribution in [0.2, 0.25) is 0 Å². The second kappa shape index (κ2) is 5.40. The molecule has 1 aliphatic rings. The van der Waals surface area contributed by atoms with Gasteiger partial charge in [0.25, 0.3) is 0 Å². The van der Waals surface area contributed by atoms with Crippen LogP contribution in [0, 0.1) is 0 Å². The molecule has 0 aromatic heterocycles. The van der Waals surface area contributed by atoms with Crippen molar-refractivity contribution in [2.45, 2.75) is 0 Å². The Morgan fingerprint density at radius 2 is 1.63 bits per heavy atom. The summed E-state index contributed by atoms with van der Waals surface area (Å²) in [5.74, 6) is 1.69. The zero-order valence-electron chi connectivity index (χ0n) is 10.4. The Morgan fingerprint density at radius 3 is 2.32 bits per heavy atom. The maximum Gasteiger partial charge on any atom is 0.127 e. The lowest BCUT2D eigenvalue weighted by Gasteiger charge is -2.20. The van der Waals surface area contributed by atoms with Crippen LogP contribution in [-0.4, -0.2) is 12.8 Å². The number of aliphatic imine (C=N–C) groups is 1. The van der Waals surface area contributed by atoms with Gasteiger partial charge in [-0.05, 0) is 36.4 Å². The van der Waals surface area contributed by atoms with Crippen LogP contribution in [0.3, 0.4) is 0 Å². The molecule has 0 saturated carbocycles. The highest BCUT2D eigenvalue weighted by atomic mass is 16.5. The van der Waals surface area contributed by atoms with Gasteiger partial charge in [0.2, 0.25) is 0 Å². The SMILES string of the molecule is C1=CN(c2ccc(Oc3ccccc3)cc2)CC=N1. The number of nitrogens with zero attached hydrogens (tertiary/aromatic N) is 2. The minimum atomic E-state index is 0.801. The Balaban J connectivity index is 1.72. The zero-order chi connectivity index (χ0) is 12.9. The van der Waals surface area contributed by atoms with Gasteiger partial charge in [-0.2, -0.15) is 0 Å². The van der Waals surface area contributed by atoms with Gasteiger partial charge >= 0.3 is 0 Å². The second-order valence-corrected chi connectivity index (χ2v) is 4.19. The number of benzene rings is 2. The quantitative estimate of drug-likeness (QED) is 0.826. The van der Waals surface area contributed by atoms with E-state index in [1.54, 1.807) is 6.20 Å². The van der Waals surface area contributed by atoms with Crippen molar-refractivity contribution in [1.82, 2.24) is 0 Å². The van der Waals surface area contributed by atoms with Crippen molar-refractivity contribution in [3.05, 3.63) is 67.0 Å². The highest BCUT2D eigenvalue weighted by Gasteiger charge is 2.04. The molecule has 1 aliphatic heterocycles. The topological polar surface area (TPSA) is 24.8 Å². The summed E-state index contributed by atoms with van der Waals surface area (Å²) < 4.78 is 5.76. The fraction of sp³-hybridized carbons (Fsp3) is 0.0625. The first-order valence-electron chi connectivity index (χ1n) is 6.20. The number of hydrogen-bond donors (Lipinski definition) is 0. The van der Waals surface area contributed by atoms with Crippen LogP contribution in [0.15, 0.2) is 72.0 Å². The van der Waals surface area contributed by atoms with Crippen molar-refractivity contribution < 1.29 is 4.74 Å². The Morgan fingerprint density at radius 1 is 0.895 bits per heavy atom. The number of hydrogen-bond acceptors (Lipinski definition) is 3. The first-order chi connectivity index (χ1) is 9.42. The van der Waals surface area contributed by atoms with Gasteiger partial charge in [-0.1, -0.05) is 18.2 Å². The van der Waals surface area contributed by atoms with E-state index in [-0.39, 0.29) is 0 Å². The standard InChI is InChI=1S/C16H14N2O/c1-2-4-15(5-3-1)19-16-8-6-14(7-9-16)18-12-10-17-11-13-18/h1-12H,13H2. The Bertz CT molecular complexity index is 588. The van der Waals surface area contributed by atoms with E-state index in [4.69, 9.17) is 4.74 Å². The highest BCUT2D eigenvalue weighted by molar-refractivity contribution is 5.70. The maximum absolute atomic E-state index is 5.76. The molecule has 0 unspecified atom stereocenters. The van der Waals surface area contributed by atoms with Gasteiger partial charge in [-0.3, -0.25) is 4.99 Å². The first-order valence-corrected chi connectivity index (χ1v) is 6.20. The average Bonchev–Trinajstić information content (AvgIpc) is 2.50. The normalized spacial score (nSPS) is 13.6. The van der Waals surface area contributed by atoms with Crippen LogP contribution in [0.4, 0.5) is 5.69 Å². The van der Waals surface area contributed by atoms with Gasteiger partial charge in [0.1, 0.15) is 11.5 Å². The van der Waals surface area contributed by atoms with Crippen LogP contribution in [0.5, 0.6) is 11.5 Å². The molecule has 94 valence electrons. The molecule has 2 aromatic carbocycles. The number of anilines is 1. The molecular formula is C16H14N2O. The Kier molecular flexibility index (Phi) is 3.28. The molecule has 0 saturated heterocycles. The van der Waals surface area contributed by atoms with Crippen molar-refractivity contribution in [2.24, 2.45) is 4.99 Å². The van der Waals surface area contributed by atoms with E-state index >= 15 is 0 Å².